The van der Waals surface area contributed by atoms with E-state index in [1.54, 1.807) is 12.1 Å². The van der Waals surface area contributed by atoms with Crippen molar-refractivity contribution in [1.29, 1.82) is 0 Å². The summed E-state index contributed by atoms with van der Waals surface area (Å²) in [6, 6.07) is 6.40. The fourth-order valence-electron chi connectivity index (χ4n) is 3.13. The van der Waals surface area contributed by atoms with Crippen LogP contribution in [0.3, 0.4) is 0 Å². The van der Waals surface area contributed by atoms with Gasteiger partial charge in [-0.15, -0.1) is 0 Å². The van der Waals surface area contributed by atoms with Crippen LogP contribution in [0.25, 0.3) is 0 Å². The molecule has 2 amide bonds. The van der Waals surface area contributed by atoms with E-state index in [2.05, 4.69) is 20.8 Å². The maximum Gasteiger partial charge on any atom is 0.417 e. The van der Waals surface area contributed by atoms with Crippen LogP contribution in [0.4, 0.5) is 4.79 Å². The summed E-state index contributed by atoms with van der Waals surface area (Å²) in [5, 5.41) is 0. The van der Waals surface area contributed by atoms with Gasteiger partial charge in [0.1, 0.15) is 0 Å². The van der Waals surface area contributed by atoms with Crippen LogP contribution in [0.15, 0.2) is 29.2 Å². The summed E-state index contributed by atoms with van der Waals surface area (Å²) in [6.45, 7) is 6.29. The van der Waals surface area contributed by atoms with E-state index < -0.39 is 28.1 Å². The minimum absolute atomic E-state index is 0.0580. The summed E-state index contributed by atoms with van der Waals surface area (Å²) in [5.74, 6) is -0.413. The molecule has 8 heteroatoms. The fraction of sp³-hybridized carbons (Fsp3) is 0.529. The van der Waals surface area contributed by atoms with E-state index in [4.69, 9.17) is 4.74 Å². The van der Waals surface area contributed by atoms with Crippen molar-refractivity contribution in [2.45, 2.75) is 43.5 Å². The van der Waals surface area contributed by atoms with E-state index in [1.807, 2.05) is 12.1 Å². The van der Waals surface area contributed by atoms with Crippen molar-refractivity contribution in [3.8, 4) is 0 Å². The molecule has 3 rings (SSSR count). The van der Waals surface area contributed by atoms with Crippen molar-refractivity contribution < 1.29 is 22.7 Å². The highest BCUT2D eigenvalue weighted by Crippen LogP contribution is 2.28. The van der Waals surface area contributed by atoms with Crippen molar-refractivity contribution in [3.63, 3.8) is 0 Å². The highest BCUT2D eigenvalue weighted by atomic mass is 32.2. The Morgan fingerprint density at radius 3 is 2.28 bits per heavy atom. The maximum atomic E-state index is 12.8. The fourth-order valence-corrected chi connectivity index (χ4v) is 4.63. The molecule has 25 heavy (non-hydrogen) atoms. The summed E-state index contributed by atoms with van der Waals surface area (Å²) in [6.07, 6.45) is -0.274. The Kier molecular flexibility index (Phi) is 4.36. The topological polar surface area (TPSA) is 84.0 Å². The Bertz CT molecular complexity index is 779. The Labute approximate surface area is 147 Å². The molecule has 0 spiro atoms. The number of hydrogen-bond donors (Lipinski definition) is 0. The van der Waals surface area contributed by atoms with E-state index >= 15 is 0 Å². The number of rotatable bonds is 3. The zero-order valence-electron chi connectivity index (χ0n) is 14.6. The number of benzene rings is 1. The summed E-state index contributed by atoms with van der Waals surface area (Å²) >= 11 is 0. The predicted molar refractivity (Wildman–Crippen MR) is 90.5 cm³/mol. The van der Waals surface area contributed by atoms with Crippen molar-refractivity contribution in [1.82, 2.24) is 9.21 Å². The Balaban J connectivity index is 1.77. The molecule has 0 radical (unpaired) electrons. The first kappa shape index (κ1) is 17.9. The molecule has 2 saturated heterocycles. The number of carbonyl (C=O) groups is 2. The number of imide groups is 1. The molecule has 1 aromatic carbocycles. The van der Waals surface area contributed by atoms with Crippen LogP contribution in [-0.4, -0.2) is 55.4 Å². The highest BCUT2D eigenvalue weighted by Gasteiger charge is 2.43. The first-order valence-electron chi connectivity index (χ1n) is 8.20. The van der Waals surface area contributed by atoms with Crippen LogP contribution in [0.2, 0.25) is 0 Å². The van der Waals surface area contributed by atoms with Crippen LogP contribution in [-0.2, 0) is 25.0 Å². The normalized spacial score (nSPS) is 22.5. The van der Waals surface area contributed by atoms with Gasteiger partial charge in [-0.05, 0) is 29.5 Å². The van der Waals surface area contributed by atoms with E-state index in [0.29, 0.717) is 6.42 Å². The molecule has 2 aliphatic heterocycles. The largest absolute Gasteiger partial charge is 0.439 e. The lowest BCUT2D eigenvalue weighted by Crippen LogP contribution is -2.42. The molecule has 136 valence electrons. The molecule has 7 nitrogen and oxygen atoms in total. The van der Waals surface area contributed by atoms with Gasteiger partial charge in [-0.3, -0.25) is 4.79 Å². The van der Waals surface area contributed by atoms with Crippen molar-refractivity contribution >= 4 is 22.0 Å². The molecule has 0 aromatic heterocycles. The number of amides is 2. The molecule has 0 aliphatic carbocycles. The zero-order chi connectivity index (χ0) is 18.4. The third kappa shape index (κ3) is 3.28. The number of cyclic esters (lactones) is 1. The lowest BCUT2D eigenvalue weighted by molar-refractivity contribution is -0.127. The summed E-state index contributed by atoms with van der Waals surface area (Å²) in [7, 11) is -3.66. The average Bonchev–Trinajstić information content (AvgIpc) is 3.14. The number of nitrogens with zero attached hydrogens (tertiary/aromatic N) is 2. The second kappa shape index (κ2) is 6.10. The monoisotopic (exact) mass is 366 g/mol. The van der Waals surface area contributed by atoms with Crippen molar-refractivity contribution in [3.05, 3.63) is 29.8 Å². The van der Waals surface area contributed by atoms with Gasteiger partial charge in [0.2, 0.25) is 10.0 Å². The Morgan fingerprint density at radius 1 is 1.12 bits per heavy atom. The van der Waals surface area contributed by atoms with Gasteiger partial charge in [0, 0.05) is 13.1 Å². The van der Waals surface area contributed by atoms with Crippen molar-refractivity contribution in [2.24, 2.45) is 0 Å². The third-order valence-electron chi connectivity index (χ3n) is 4.63. The van der Waals surface area contributed by atoms with Gasteiger partial charge in [-0.2, -0.15) is 4.31 Å². The molecule has 1 atom stereocenters. The number of ether oxygens (including phenoxy) is 1. The standard InChI is InChI=1S/C17H22N2O5S/c1-17(2,3)12-4-6-14(7-5-12)25(22,23)18-9-8-13(10-18)19-15(20)11-24-16(19)21/h4-7,13H,8-11H2,1-3H3. The van der Waals surface area contributed by atoms with Gasteiger partial charge in [0.05, 0.1) is 10.9 Å². The van der Waals surface area contributed by atoms with Gasteiger partial charge < -0.3 is 4.74 Å². The second-order valence-electron chi connectivity index (χ2n) is 7.40. The van der Waals surface area contributed by atoms with Crippen LogP contribution in [0, 0.1) is 0 Å². The van der Waals surface area contributed by atoms with Gasteiger partial charge >= 0.3 is 6.09 Å². The summed E-state index contributed by atoms with van der Waals surface area (Å²) in [5.41, 5.74) is 0.994. The van der Waals surface area contributed by atoms with Gasteiger partial charge in [-0.1, -0.05) is 32.9 Å². The highest BCUT2D eigenvalue weighted by molar-refractivity contribution is 7.89. The van der Waals surface area contributed by atoms with Gasteiger partial charge in [0.15, 0.2) is 6.61 Å². The van der Waals surface area contributed by atoms with Crippen LogP contribution >= 0.6 is 0 Å². The summed E-state index contributed by atoms with van der Waals surface area (Å²) < 4.78 is 31.7. The molecule has 2 fully saturated rings. The number of hydrogen-bond acceptors (Lipinski definition) is 5. The van der Waals surface area contributed by atoms with Crippen LogP contribution < -0.4 is 0 Å². The SMILES string of the molecule is CC(C)(C)c1ccc(S(=O)(=O)N2CCC(N3C(=O)COC3=O)C2)cc1. The minimum atomic E-state index is -3.66. The lowest BCUT2D eigenvalue weighted by atomic mass is 9.87. The molecular weight excluding hydrogens is 344 g/mol. The maximum absolute atomic E-state index is 12.8. The molecule has 1 unspecified atom stereocenters. The zero-order valence-corrected chi connectivity index (χ0v) is 15.4. The quantitative estimate of drug-likeness (QED) is 0.813. The van der Waals surface area contributed by atoms with E-state index in [1.165, 1.54) is 4.31 Å². The minimum Gasteiger partial charge on any atom is -0.439 e. The molecular formula is C17H22N2O5S. The molecule has 0 saturated carbocycles. The lowest BCUT2D eigenvalue weighted by Gasteiger charge is -2.22. The number of carbonyl (C=O) groups excluding carboxylic acids is 2. The predicted octanol–water partition coefficient (Wildman–Crippen LogP) is 1.73. The molecule has 1 aromatic rings. The first-order chi connectivity index (χ1) is 11.6. The average molecular weight is 366 g/mol. The molecule has 2 heterocycles. The second-order valence-corrected chi connectivity index (χ2v) is 9.34. The van der Waals surface area contributed by atoms with Gasteiger partial charge in [-0.25, -0.2) is 18.1 Å². The van der Waals surface area contributed by atoms with E-state index in [-0.39, 0.29) is 30.0 Å². The Hall–Kier alpha value is -1.93. The smallest absolute Gasteiger partial charge is 0.417 e. The van der Waals surface area contributed by atoms with E-state index in [9.17, 15) is 18.0 Å². The van der Waals surface area contributed by atoms with Crippen molar-refractivity contribution in [2.75, 3.05) is 19.7 Å². The van der Waals surface area contributed by atoms with Crippen LogP contribution in [0.1, 0.15) is 32.8 Å². The summed E-state index contributed by atoms with van der Waals surface area (Å²) in [4.78, 5) is 24.6. The molecule has 0 N–H and O–H groups in total. The number of sulfonamides is 1. The van der Waals surface area contributed by atoms with Gasteiger partial charge in [0.25, 0.3) is 5.91 Å². The third-order valence-corrected chi connectivity index (χ3v) is 6.51. The first-order valence-corrected chi connectivity index (χ1v) is 9.64. The molecule has 0 bridgehead atoms. The Morgan fingerprint density at radius 2 is 1.76 bits per heavy atom. The molecule has 2 aliphatic rings. The van der Waals surface area contributed by atoms with Crippen LogP contribution in [0.5, 0.6) is 0 Å². The van der Waals surface area contributed by atoms with E-state index in [0.717, 1.165) is 10.5 Å².